The SMILES string of the molecule is C=C(C)C1(O)C=C(COC)C=C(O)[C@@H]1C1C=C(C)C(O)CC1. The first-order chi connectivity index (χ1) is 10.3. The summed E-state index contributed by atoms with van der Waals surface area (Å²) in [6, 6.07) is 0. The van der Waals surface area contributed by atoms with E-state index >= 15 is 0 Å². The molecule has 0 aliphatic heterocycles. The smallest absolute Gasteiger partial charge is 0.114 e. The first kappa shape index (κ1) is 17.0. The molecule has 0 fully saturated rings. The highest BCUT2D eigenvalue weighted by Gasteiger charge is 2.45. The van der Waals surface area contributed by atoms with Gasteiger partial charge in [0.2, 0.25) is 0 Å². The Balaban J connectivity index is 2.42. The lowest BCUT2D eigenvalue weighted by molar-refractivity contribution is 0.0275. The summed E-state index contributed by atoms with van der Waals surface area (Å²) in [5, 5.41) is 31.5. The molecular formula is C18H26O4. The van der Waals surface area contributed by atoms with E-state index in [0.717, 1.165) is 11.1 Å². The molecule has 3 N–H and O–H groups in total. The summed E-state index contributed by atoms with van der Waals surface area (Å²) >= 11 is 0. The molecular weight excluding hydrogens is 280 g/mol. The van der Waals surface area contributed by atoms with Crippen molar-refractivity contribution >= 4 is 0 Å². The number of aliphatic hydroxyl groups excluding tert-OH is 2. The summed E-state index contributed by atoms with van der Waals surface area (Å²) in [6.45, 7) is 7.88. The minimum atomic E-state index is -1.31. The van der Waals surface area contributed by atoms with Crippen LogP contribution in [0.2, 0.25) is 0 Å². The summed E-state index contributed by atoms with van der Waals surface area (Å²) in [7, 11) is 1.58. The molecule has 0 aromatic carbocycles. The normalized spacial score (nSPS) is 35.5. The van der Waals surface area contributed by atoms with Crippen LogP contribution in [0.3, 0.4) is 0 Å². The molecule has 2 aliphatic carbocycles. The van der Waals surface area contributed by atoms with E-state index in [1.165, 1.54) is 0 Å². The largest absolute Gasteiger partial charge is 0.512 e. The van der Waals surface area contributed by atoms with Gasteiger partial charge in [0.15, 0.2) is 0 Å². The summed E-state index contributed by atoms with van der Waals surface area (Å²) in [4.78, 5) is 0. The van der Waals surface area contributed by atoms with Crippen molar-refractivity contribution in [2.45, 2.75) is 38.4 Å². The quantitative estimate of drug-likeness (QED) is 0.698. The van der Waals surface area contributed by atoms with E-state index in [2.05, 4.69) is 6.58 Å². The molecule has 4 atom stereocenters. The number of allylic oxidation sites excluding steroid dienone is 1. The Labute approximate surface area is 132 Å². The van der Waals surface area contributed by atoms with Crippen molar-refractivity contribution in [2.75, 3.05) is 13.7 Å². The Morgan fingerprint density at radius 1 is 1.45 bits per heavy atom. The molecule has 122 valence electrons. The average Bonchev–Trinajstić information content (AvgIpc) is 2.42. The van der Waals surface area contributed by atoms with Crippen molar-refractivity contribution in [2.24, 2.45) is 11.8 Å². The van der Waals surface area contributed by atoms with E-state index in [4.69, 9.17) is 4.74 Å². The molecule has 0 aromatic heterocycles. The molecule has 0 aromatic rings. The fourth-order valence-electron chi connectivity index (χ4n) is 3.48. The zero-order valence-corrected chi connectivity index (χ0v) is 13.5. The van der Waals surface area contributed by atoms with Crippen LogP contribution in [0.4, 0.5) is 0 Å². The van der Waals surface area contributed by atoms with Crippen LogP contribution in [0, 0.1) is 11.8 Å². The van der Waals surface area contributed by atoms with Crippen molar-refractivity contribution < 1.29 is 20.1 Å². The minimum Gasteiger partial charge on any atom is -0.512 e. The highest BCUT2D eigenvalue weighted by molar-refractivity contribution is 5.41. The van der Waals surface area contributed by atoms with Crippen molar-refractivity contribution in [3.05, 3.63) is 47.3 Å². The number of ether oxygens (including phenoxy) is 1. The predicted molar refractivity (Wildman–Crippen MR) is 86.4 cm³/mol. The number of hydrogen-bond acceptors (Lipinski definition) is 4. The van der Waals surface area contributed by atoms with Crippen LogP contribution in [-0.2, 0) is 4.74 Å². The number of rotatable bonds is 4. The highest BCUT2D eigenvalue weighted by Crippen LogP contribution is 2.44. The third-order valence-electron chi connectivity index (χ3n) is 4.73. The van der Waals surface area contributed by atoms with E-state index in [1.54, 1.807) is 26.2 Å². The molecule has 0 spiro atoms. The molecule has 2 rings (SSSR count). The van der Waals surface area contributed by atoms with Crippen LogP contribution in [-0.4, -0.2) is 40.7 Å². The van der Waals surface area contributed by atoms with E-state index in [9.17, 15) is 15.3 Å². The van der Waals surface area contributed by atoms with Crippen molar-refractivity contribution in [3.8, 4) is 0 Å². The lowest BCUT2D eigenvalue weighted by Crippen LogP contribution is -2.45. The lowest BCUT2D eigenvalue weighted by atomic mass is 9.67. The van der Waals surface area contributed by atoms with Gasteiger partial charge in [-0.15, -0.1) is 0 Å². The van der Waals surface area contributed by atoms with Gasteiger partial charge in [-0.05, 0) is 61.5 Å². The Bertz CT molecular complexity index is 543. The molecule has 0 saturated carbocycles. The van der Waals surface area contributed by atoms with Gasteiger partial charge in [0.25, 0.3) is 0 Å². The van der Waals surface area contributed by atoms with Gasteiger partial charge in [0.1, 0.15) is 5.60 Å². The topological polar surface area (TPSA) is 69.9 Å². The van der Waals surface area contributed by atoms with Gasteiger partial charge >= 0.3 is 0 Å². The van der Waals surface area contributed by atoms with Crippen molar-refractivity contribution in [3.63, 3.8) is 0 Å². The van der Waals surface area contributed by atoms with E-state index in [-0.39, 0.29) is 11.7 Å². The maximum atomic E-state index is 11.2. The standard InChI is InChI=1S/C18H26O4/c1-11(2)18(21)9-13(10-22-4)8-16(20)17(18)14-5-6-15(19)12(3)7-14/h7-9,14-15,17,19-21H,1,5-6,10H2,2-4H3/t14?,15?,17-,18?/m0/s1. The molecule has 22 heavy (non-hydrogen) atoms. The van der Waals surface area contributed by atoms with Crippen LogP contribution in [0.25, 0.3) is 0 Å². The second kappa shape index (κ2) is 6.41. The molecule has 3 unspecified atom stereocenters. The third kappa shape index (κ3) is 3.05. The molecule has 4 nitrogen and oxygen atoms in total. The average molecular weight is 306 g/mol. The van der Waals surface area contributed by atoms with Gasteiger partial charge in [-0.3, -0.25) is 0 Å². The van der Waals surface area contributed by atoms with E-state index < -0.39 is 17.6 Å². The first-order valence-electron chi connectivity index (χ1n) is 7.65. The highest BCUT2D eigenvalue weighted by atomic mass is 16.5. The minimum absolute atomic E-state index is 0.0401. The molecule has 0 radical (unpaired) electrons. The predicted octanol–water partition coefficient (Wildman–Crippen LogP) is 2.66. The molecule has 0 saturated heterocycles. The van der Waals surface area contributed by atoms with E-state index in [1.807, 2.05) is 13.0 Å². The van der Waals surface area contributed by atoms with Crippen LogP contribution in [0.5, 0.6) is 0 Å². The van der Waals surface area contributed by atoms with Gasteiger partial charge in [-0.2, -0.15) is 0 Å². The van der Waals surface area contributed by atoms with Gasteiger partial charge in [0.05, 0.1) is 24.4 Å². The number of aliphatic hydroxyl groups is 3. The van der Waals surface area contributed by atoms with Crippen molar-refractivity contribution in [1.29, 1.82) is 0 Å². The van der Waals surface area contributed by atoms with Gasteiger partial charge in [-0.1, -0.05) is 12.7 Å². The summed E-state index contributed by atoms with van der Waals surface area (Å²) < 4.78 is 5.10. The van der Waals surface area contributed by atoms with Crippen LogP contribution in [0.15, 0.2) is 47.3 Å². The van der Waals surface area contributed by atoms with Crippen LogP contribution >= 0.6 is 0 Å². The number of methoxy groups -OCH3 is 1. The molecule has 0 bridgehead atoms. The first-order valence-corrected chi connectivity index (χ1v) is 7.65. The molecule has 0 heterocycles. The van der Waals surface area contributed by atoms with Gasteiger partial charge < -0.3 is 20.1 Å². The zero-order chi connectivity index (χ0) is 16.5. The molecule has 0 amide bonds. The van der Waals surface area contributed by atoms with E-state index in [0.29, 0.717) is 25.0 Å². The third-order valence-corrected chi connectivity index (χ3v) is 4.73. The lowest BCUT2D eigenvalue weighted by Gasteiger charge is -2.42. The fraction of sp³-hybridized carbons (Fsp3) is 0.556. The number of hydrogen-bond donors (Lipinski definition) is 3. The summed E-state index contributed by atoms with van der Waals surface area (Å²) in [5.74, 6) is -0.375. The van der Waals surface area contributed by atoms with Gasteiger partial charge in [0, 0.05) is 7.11 Å². The summed E-state index contributed by atoms with van der Waals surface area (Å²) in [5.41, 5.74) is 0.900. The fourth-order valence-corrected chi connectivity index (χ4v) is 3.48. The Morgan fingerprint density at radius 3 is 2.68 bits per heavy atom. The maximum absolute atomic E-state index is 11.2. The maximum Gasteiger partial charge on any atom is 0.114 e. The zero-order valence-electron chi connectivity index (χ0n) is 13.5. The Morgan fingerprint density at radius 2 is 2.14 bits per heavy atom. The summed E-state index contributed by atoms with van der Waals surface area (Å²) in [6.07, 6.45) is 6.29. The Hall–Kier alpha value is -1.36. The second-order valence-corrected chi connectivity index (χ2v) is 6.47. The van der Waals surface area contributed by atoms with Crippen LogP contribution < -0.4 is 0 Å². The molecule has 4 heteroatoms. The van der Waals surface area contributed by atoms with Crippen molar-refractivity contribution in [1.82, 2.24) is 0 Å². The second-order valence-electron chi connectivity index (χ2n) is 6.47. The van der Waals surface area contributed by atoms with Crippen LogP contribution in [0.1, 0.15) is 26.7 Å². The van der Waals surface area contributed by atoms with Gasteiger partial charge in [-0.25, -0.2) is 0 Å². The Kier molecular flexibility index (Phi) is 4.95. The monoisotopic (exact) mass is 306 g/mol. The molecule has 2 aliphatic rings.